The zero-order valence-corrected chi connectivity index (χ0v) is 11.6. The first-order valence-corrected chi connectivity index (χ1v) is 6.69. The molecule has 0 aliphatic heterocycles. The lowest BCUT2D eigenvalue weighted by Gasteiger charge is -2.12. The van der Waals surface area contributed by atoms with E-state index in [0.29, 0.717) is 5.56 Å². The van der Waals surface area contributed by atoms with Crippen molar-refractivity contribution in [3.8, 4) is 0 Å². The Kier molecular flexibility index (Phi) is 4.30. The summed E-state index contributed by atoms with van der Waals surface area (Å²) in [4.78, 5) is 14.9. The summed E-state index contributed by atoms with van der Waals surface area (Å²) >= 11 is 1.57. The number of hydrogen-bond donors (Lipinski definition) is 1. The van der Waals surface area contributed by atoms with E-state index in [1.165, 1.54) is 0 Å². The molecule has 0 unspecified atom stereocenters. The number of thiophene rings is 1. The van der Waals surface area contributed by atoms with Gasteiger partial charge in [-0.3, -0.25) is 4.79 Å². The Morgan fingerprint density at radius 3 is 2.84 bits per heavy atom. The first kappa shape index (κ1) is 13.3. The highest BCUT2D eigenvalue weighted by Gasteiger charge is 2.05. The number of carbonyl (C=O) groups is 1. The summed E-state index contributed by atoms with van der Waals surface area (Å²) in [7, 11) is 3.87. The van der Waals surface area contributed by atoms with Crippen LogP contribution in [0.1, 0.15) is 15.2 Å². The molecule has 4 nitrogen and oxygen atoms in total. The molecular weight excluding hydrogens is 258 g/mol. The van der Waals surface area contributed by atoms with E-state index in [-0.39, 0.29) is 5.91 Å². The van der Waals surface area contributed by atoms with E-state index in [2.05, 4.69) is 10.5 Å². The highest BCUT2D eigenvalue weighted by molar-refractivity contribution is 7.11. The Balaban J connectivity index is 2.02. The van der Waals surface area contributed by atoms with Gasteiger partial charge in [-0.05, 0) is 29.6 Å². The third-order valence-electron chi connectivity index (χ3n) is 2.53. The van der Waals surface area contributed by atoms with Gasteiger partial charge in [-0.15, -0.1) is 11.3 Å². The largest absolute Gasteiger partial charge is 0.378 e. The molecule has 1 heterocycles. The summed E-state index contributed by atoms with van der Waals surface area (Å²) in [6, 6.07) is 11.3. The average molecular weight is 273 g/mol. The van der Waals surface area contributed by atoms with Crippen LogP contribution in [0.15, 0.2) is 46.9 Å². The Bertz CT molecular complexity index is 576. The van der Waals surface area contributed by atoms with Crippen LogP contribution in [0.2, 0.25) is 0 Å². The Morgan fingerprint density at radius 2 is 2.16 bits per heavy atom. The molecule has 0 spiro atoms. The van der Waals surface area contributed by atoms with Crippen molar-refractivity contribution in [3.05, 3.63) is 52.2 Å². The van der Waals surface area contributed by atoms with Gasteiger partial charge < -0.3 is 4.90 Å². The molecule has 19 heavy (non-hydrogen) atoms. The van der Waals surface area contributed by atoms with Gasteiger partial charge in [0.15, 0.2) is 0 Å². The number of carbonyl (C=O) groups excluding carboxylic acids is 1. The van der Waals surface area contributed by atoms with Gasteiger partial charge >= 0.3 is 0 Å². The monoisotopic (exact) mass is 273 g/mol. The van der Waals surface area contributed by atoms with Crippen molar-refractivity contribution in [3.63, 3.8) is 0 Å². The van der Waals surface area contributed by atoms with Crippen molar-refractivity contribution < 1.29 is 4.79 Å². The summed E-state index contributed by atoms with van der Waals surface area (Å²) < 4.78 is 0. The lowest BCUT2D eigenvalue weighted by Crippen LogP contribution is -2.18. The summed E-state index contributed by atoms with van der Waals surface area (Å²) in [6.45, 7) is 0. The molecule has 0 saturated carbocycles. The second kappa shape index (κ2) is 6.15. The first-order chi connectivity index (χ1) is 9.16. The number of nitrogens with one attached hydrogen (secondary N) is 1. The fourth-order valence-corrected chi connectivity index (χ4v) is 2.09. The van der Waals surface area contributed by atoms with Crippen LogP contribution >= 0.6 is 11.3 Å². The minimum atomic E-state index is -0.212. The van der Waals surface area contributed by atoms with Gasteiger partial charge in [0.25, 0.3) is 5.91 Å². The number of nitrogens with zero attached hydrogens (tertiary/aromatic N) is 2. The van der Waals surface area contributed by atoms with Crippen LogP contribution in [0.4, 0.5) is 5.69 Å². The van der Waals surface area contributed by atoms with Crippen LogP contribution in [-0.4, -0.2) is 26.2 Å². The van der Waals surface area contributed by atoms with Gasteiger partial charge in [-0.25, -0.2) is 5.43 Å². The van der Waals surface area contributed by atoms with Crippen LogP contribution in [0.25, 0.3) is 0 Å². The SMILES string of the molecule is CN(C)c1cccc(C(=O)N/N=C\c2cccs2)c1. The normalized spacial score (nSPS) is 10.6. The van der Waals surface area contributed by atoms with Gasteiger partial charge in [0.05, 0.1) is 6.21 Å². The number of hydrogen-bond acceptors (Lipinski definition) is 4. The maximum absolute atomic E-state index is 11.9. The molecule has 1 aromatic heterocycles. The van der Waals surface area contributed by atoms with Crippen molar-refractivity contribution in [2.24, 2.45) is 5.10 Å². The second-order valence-corrected chi connectivity index (χ2v) is 5.14. The average Bonchev–Trinajstić information content (AvgIpc) is 2.92. The van der Waals surface area contributed by atoms with E-state index in [0.717, 1.165) is 10.6 Å². The zero-order chi connectivity index (χ0) is 13.7. The van der Waals surface area contributed by atoms with Crippen molar-refractivity contribution in [2.45, 2.75) is 0 Å². The topological polar surface area (TPSA) is 44.7 Å². The maximum atomic E-state index is 11.9. The summed E-state index contributed by atoms with van der Waals surface area (Å²) in [5, 5.41) is 5.90. The molecule has 2 rings (SSSR count). The standard InChI is InChI=1S/C14H15N3OS/c1-17(2)12-6-3-5-11(9-12)14(18)16-15-10-13-7-4-8-19-13/h3-10H,1-2H3,(H,16,18)/b15-10-. The fourth-order valence-electron chi connectivity index (χ4n) is 1.51. The highest BCUT2D eigenvalue weighted by atomic mass is 32.1. The van der Waals surface area contributed by atoms with E-state index in [9.17, 15) is 4.79 Å². The van der Waals surface area contributed by atoms with Crippen molar-refractivity contribution in [2.75, 3.05) is 19.0 Å². The molecule has 1 N–H and O–H groups in total. The van der Waals surface area contributed by atoms with E-state index in [1.54, 1.807) is 23.6 Å². The minimum absolute atomic E-state index is 0.212. The molecule has 0 aliphatic rings. The van der Waals surface area contributed by atoms with Gasteiger partial charge in [0.2, 0.25) is 0 Å². The fraction of sp³-hybridized carbons (Fsp3) is 0.143. The van der Waals surface area contributed by atoms with Crippen molar-refractivity contribution in [1.82, 2.24) is 5.43 Å². The lowest BCUT2D eigenvalue weighted by molar-refractivity contribution is 0.0955. The van der Waals surface area contributed by atoms with Crippen LogP contribution < -0.4 is 10.3 Å². The molecule has 0 fully saturated rings. The molecule has 0 saturated heterocycles. The Hall–Kier alpha value is -2.14. The number of anilines is 1. The molecular formula is C14H15N3OS. The number of benzene rings is 1. The Labute approximate surface area is 116 Å². The molecule has 1 aromatic carbocycles. The molecule has 0 atom stereocenters. The van der Waals surface area contributed by atoms with E-state index < -0.39 is 0 Å². The number of hydrazone groups is 1. The van der Waals surface area contributed by atoms with Crippen LogP contribution in [0.3, 0.4) is 0 Å². The third kappa shape index (κ3) is 3.66. The van der Waals surface area contributed by atoms with E-state index in [4.69, 9.17) is 0 Å². The predicted molar refractivity (Wildman–Crippen MR) is 80.1 cm³/mol. The predicted octanol–water partition coefficient (Wildman–Crippen LogP) is 2.58. The quantitative estimate of drug-likeness (QED) is 0.687. The molecule has 1 amide bonds. The van der Waals surface area contributed by atoms with Crippen LogP contribution in [0, 0.1) is 0 Å². The Morgan fingerprint density at radius 1 is 1.32 bits per heavy atom. The molecule has 0 radical (unpaired) electrons. The van der Waals surface area contributed by atoms with Gasteiger partial charge in [-0.1, -0.05) is 12.1 Å². The van der Waals surface area contributed by atoms with Crippen molar-refractivity contribution >= 4 is 29.1 Å². The molecule has 5 heteroatoms. The van der Waals surface area contributed by atoms with Gasteiger partial charge in [0, 0.05) is 30.2 Å². The van der Waals surface area contributed by atoms with Gasteiger partial charge in [-0.2, -0.15) is 5.10 Å². The minimum Gasteiger partial charge on any atom is -0.378 e. The summed E-state index contributed by atoms with van der Waals surface area (Å²) in [5.41, 5.74) is 4.10. The summed E-state index contributed by atoms with van der Waals surface area (Å²) in [5.74, 6) is -0.212. The highest BCUT2D eigenvalue weighted by Crippen LogP contribution is 2.13. The summed E-state index contributed by atoms with van der Waals surface area (Å²) in [6.07, 6.45) is 1.64. The molecule has 2 aromatic rings. The first-order valence-electron chi connectivity index (χ1n) is 5.81. The number of rotatable bonds is 4. The lowest BCUT2D eigenvalue weighted by atomic mass is 10.2. The van der Waals surface area contributed by atoms with Crippen LogP contribution in [0.5, 0.6) is 0 Å². The van der Waals surface area contributed by atoms with Gasteiger partial charge in [0.1, 0.15) is 0 Å². The second-order valence-electron chi connectivity index (χ2n) is 4.16. The zero-order valence-electron chi connectivity index (χ0n) is 10.8. The van der Waals surface area contributed by atoms with Crippen LogP contribution in [-0.2, 0) is 0 Å². The number of amides is 1. The van der Waals surface area contributed by atoms with E-state index in [1.807, 2.05) is 54.7 Å². The van der Waals surface area contributed by atoms with E-state index >= 15 is 0 Å². The molecule has 0 aliphatic carbocycles. The maximum Gasteiger partial charge on any atom is 0.271 e. The van der Waals surface area contributed by atoms with Crippen molar-refractivity contribution in [1.29, 1.82) is 0 Å². The third-order valence-corrected chi connectivity index (χ3v) is 3.33. The molecule has 0 bridgehead atoms. The smallest absolute Gasteiger partial charge is 0.271 e. The molecule has 98 valence electrons.